The summed E-state index contributed by atoms with van der Waals surface area (Å²) in [5.41, 5.74) is 2.19. The highest BCUT2D eigenvalue weighted by atomic mass is 32.1. The van der Waals surface area contributed by atoms with E-state index in [4.69, 9.17) is 26.4 Å². The van der Waals surface area contributed by atoms with E-state index < -0.39 is 0 Å². The van der Waals surface area contributed by atoms with Gasteiger partial charge in [0.2, 0.25) is 5.75 Å². The van der Waals surface area contributed by atoms with Crippen LogP contribution >= 0.6 is 12.2 Å². The van der Waals surface area contributed by atoms with Gasteiger partial charge in [-0.25, -0.2) is 0 Å². The maximum absolute atomic E-state index is 13.0. The summed E-state index contributed by atoms with van der Waals surface area (Å²) in [6.07, 6.45) is 0. The fourth-order valence-corrected chi connectivity index (χ4v) is 3.87. The number of carbonyl (C=O) groups is 1. The first kappa shape index (κ1) is 19.7. The maximum Gasteiger partial charge on any atom is 0.257 e. The first-order valence-electron chi connectivity index (χ1n) is 9.23. The molecule has 1 heterocycles. The van der Waals surface area contributed by atoms with E-state index in [0.717, 1.165) is 21.8 Å². The first-order valence-corrected chi connectivity index (χ1v) is 9.63. The number of aromatic nitrogens is 1. The van der Waals surface area contributed by atoms with Gasteiger partial charge in [-0.2, -0.15) is 0 Å². The van der Waals surface area contributed by atoms with Gasteiger partial charge in [0.1, 0.15) is 0 Å². The molecule has 0 aliphatic rings. The van der Waals surface area contributed by atoms with Crippen molar-refractivity contribution in [1.29, 1.82) is 0 Å². The zero-order valence-electron chi connectivity index (χ0n) is 16.8. The number of hydrogen-bond acceptors (Lipinski definition) is 5. The van der Waals surface area contributed by atoms with Crippen molar-refractivity contribution in [2.75, 3.05) is 21.3 Å². The van der Waals surface area contributed by atoms with E-state index in [1.54, 1.807) is 12.1 Å². The van der Waals surface area contributed by atoms with Crippen molar-refractivity contribution in [1.82, 2.24) is 9.88 Å². The van der Waals surface area contributed by atoms with E-state index >= 15 is 0 Å². The molecule has 0 aliphatic heterocycles. The topological polar surface area (TPSA) is 61.7 Å². The molecule has 0 atom stereocenters. The molecular weight excluding hydrogens is 400 g/mol. The maximum atomic E-state index is 13.0. The lowest BCUT2D eigenvalue weighted by Crippen LogP contribution is -2.33. The number of thiocarbonyl (C=S) groups is 1. The molecule has 0 saturated heterocycles. The summed E-state index contributed by atoms with van der Waals surface area (Å²) in [4.78, 5) is 13.0. The number of benzene rings is 3. The van der Waals surface area contributed by atoms with Crippen LogP contribution in [0.4, 0.5) is 0 Å². The van der Waals surface area contributed by atoms with E-state index in [0.29, 0.717) is 22.8 Å². The minimum absolute atomic E-state index is 0.283. The lowest BCUT2D eigenvalue weighted by molar-refractivity contribution is 0.0976. The van der Waals surface area contributed by atoms with E-state index in [1.807, 2.05) is 53.1 Å². The molecule has 0 radical (unpaired) electrons. The number of nitrogens with zero attached hydrogens (tertiary/aromatic N) is 1. The second-order valence-electron chi connectivity index (χ2n) is 6.54. The molecule has 0 spiro atoms. The van der Waals surface area contributed by atoms with Crippen LogP contribution in [0, 0.1) is 0 Å². The molecule has 7 heteroatoms. The van der Waals surface area contributed by atoms with Crippen LogP contribution in [0.3, 0.4) is 0 Å². The van der Waals surface area contributed by atoms with Gasteiger partial charge >= 0.3 is 0 Å². The Morgan fingerprint density at radius 2 is 1.33 bits per heavy atom. The number of ether oxygens (including phenoxy) is 3. The van der Waals surface area contributed by atoms with Crippen molar-refractivity contribution in [2.24, 2.45) is 0 Å². The zero-order valence-corrected chi connectivity index (χ0v) is 17.6. The first-order chi connectivity index (χ1) is 14.6. The van der Waals surface area contributed by atoms with Crippen LogP contribution in [0.25, 0.3) is 21.8 Å². The van der Waals surface area contributed by atoms with E-state index in [1.165, 1.54) is 21.3 Å². The predicted molar refractivity (Wildman–Crippen MR) is 121 cm³/mol. The summed E-state index contributed by atoms with van der Waals surface area (Å²) < 4.78 is 17.9. The Balaban J connectivity index is 1.74. The smallest absolute Gasteiger partial charge is 0.257 e. The van der Waals surface area contributed by atoms with Gasteiger partial charge in [-0.05, 0) is 36.5 Å². The zero-order chi connectivity index (χ0) is 21.3. The van der Waals surface area contributed by atoms with Gasteiger partial charge < -0.3 is 14.2 Å². The number of fused-ring (bicyclic) bond motifs is 3. The van der Waals surface area contributed by atoms with Crippen LogP contribution in [0.15, 0.2) is 60.7 Å². The van der Waals surface area contributed by atoms with Crippen LogP contribution < -0.4 is 19.5 Å². The molecule has 152 valence electrons. The number of hydrogen-bond donors (Lipinski definition) is 1. The molecule has 0 bridgehead atoms. The number of amides is 1. The number of nitrogens with one attached hydrogen (secondary N) is 1. The monoisotopic (exact) mass is 420 g/mol. The molecule has 0 unspecified atom stereocenters. The molecule has 1 N–H and O–H groups in total. The quantitative estimate of drug-likeness (QED) is 0.497. The highest BCUT2D eigenvalue weighted by Gasteiger charge is 2.19. The minimum atomic E-state index is -0.374. The third-order valence-electron chi connectivity index (χ3n) is 4.93. The van der Waals surface area contributed by atoms with Gasteiger partial charge in [-0.1, -0.05) is 36.4 Å². The highest BCUT2D eigenvalue weighted by Crippen LogP contribution is 2.38. The third-order valence-corrected chi connectivity index (χ3v) is 5.22. The average molecular weight is 420 g/mol. The molecule has 4 aromatic rings. The van der Waals surface area contributed by atoms with Crippen molar-refractivity contribution in [3.63, 3.8) is 0 Å². The normalized spacial score (nSPS) is 10.8. The second kappa shape index (κ2) is 8.04. The van der Waals surface area contributed by atoms with Crippen LogP contribution in [-0.2, 0) is 0 Å². The Morgan fingerprint density at radius 1 is 0.833 bits per heavy atom. The highest BCUT2D eigenvalue weighted by molar-refractivity contribution is 7.80. The van der Waals surface area contributed by atoms with Crippen molar-refractivity contribution >= 4 is 45.0 Å². The van der Waals surface area contributed by atoms with E-state index in [-0.39, 0.29) is 11.0 Å². The Bertz CT molecular complexity index is 1200. The van der Waals surface area contributed by atoms with Crippen LogP contribution in [-0.4, -0.2) is 36.9 Å². The molecule has 30 heavy (non-hydrogen) atoms. The fraction of sp³-hybridized carbons (Fsp3) is 0.130. The van der Waals surface area contributed by atoms with Gasteiger partial charge in [0, 0.05) is 16.3 Å². The van der Waals surface area contributed by atoms with Crippen molar-refractivity contribution in [3.8, 4) is 17.2 Å². The number of methoxy groups -OCH3 is 3. The third kappa shape index (κ3) is 3.23. The summed E-state index contributed by atoms with van der Waals surface area (Å²) in [7, 11) is 4.51. The molecule has 1 amide bonds. The largest absolute Gasteiger partial charge is 0.493 e. The summed E-state index contributed by atoms with van der Waals surface area (Å²) in [5, 5.41) is 5.24. The Morgan fingerprint density at radius 3 is 1.80 bits per heavy atom. The number of carbonyl (C=O) groups excluding carboxylic acids is 1. The van der Waals surface area contributed by atoms with Crippen LogP contribution in [0.5, 0.6) is 17.2 Å². The number of rotatable bonds is 4. The summed E-state index contributed by atoms with van der Waals surface area (Å²) >= 11 is 5.62. The lowest BCUT2D eigenvalue weighted by Gasteiger charge is -2.15. The minimum Gasteiger partial charge on any atom is -0.493 e. The van der Waals surface area contributed by atoms with Gasteiger partial charge in [0.05, 0.1) is 32.4 Å². The summed E-state index contributed by atoms with van der Waals surface area (Å²) in [6, 6.07) is 19.1. The van der Waals surface area contributed by atoms with Crippen molar-refractivity contribution in [2.45, 2.75) is 0 Å². The summed E-state index contributed by atoms with van der Waals surface area (Å²) in [6.45, 7) is 0. The number of para-hydroxylation sites is 2. The molecule has 3 aromatic carbocycles. The molecule has 6 nitrogen and oxygen atoms in total. The summed E-state index contributed by atoms with van der Waals surface area (Å²) in [5.74, 6) is 0.831. The van der Waals surface area contributed by atoms with Crippen molar-refractivity contribution in [3.05, 3.63) is 66.2 Å². The fourth-order valence-electron chi connectivity index (χ4n) is 3.58. The molecule has 1 aromatic heterocycles. The standard InChI is InChI=1S/C23H20N2O4S/c1-27-19-12-14(13-20(28-2)21(19)29-3)22(26)24-23(30)25-17-10-6-4-8-15(17)16-9-5-7-11-18(16)25/h4-13H,1-3H3,(H,24,26,30). The van der Waals surface area contributed by atoms with Crippen LogP contribution in [0.2, 0.25) is 0 Å². The SMILES string of the molecule is COc1cc(C(=O)NC(=S)n2c3ccccc3c3ccccc32)cc(OC)c1OC. The average Bonchev–Trinajstić information content (AvgIpc) is 3.12. The van der Waals surface area contributed by atoms with E-state index in [9.17, 15) is 4.79 Å². The van der Waals surface area contributed by atoms with Gasteiger partial charge in [-0.3, -0.25) is 14.7 Å². The van der Waals surface area contributed by atoms with Gasteiger partial charge in [0.25, 0.3) is 5.91 Å². The molecule has 0 fully saturated rings. The van der Waals surface area contributed by atoms with Crippen LogP contribution in [0.1, 0.15) is 10.4 Å². The Hall–Kier alpha value is -3.58. The Labute approximate surface area is 179 Å². The Kier molecular flexibility index (Phi) is 5.29. The molecule has 0 aliphatic carbocycles. The van der Waals surface area contributed by atoms with Crippen molar-refractivity contribution < 1.29 is 19.0 Å². The van der Waals surface area contributed by atoms with E-state index in [2.05, 4.69) is 5.32 Å². The molecule has 4 rings (SSSR count). The molecule has 0 saturated carbocycles. The predicted octanol–water partition coefficient (Wildman–Crippen LogP) is 4.38. The van der Waals surface area contributed by atoms with Gasteiger partial charge in [-0.15, -0.1) is 0 Å². The molecular formula is C23H20N2O4S. The lowest BCUT2D eigenvalue weighted by atomic mass is 10.1. The second-order valence-corrected chi connectivity index (χ2v) is 6.93. The van der Waals surface area contributed by atoms with Gasteiger partial charge in [0.15, 0.2) is 16.6 Å².